The standard InChI is InChI=1S/C11H12N2O/c1-3-8-4-7(2)5-9-11(8)12-6-10(14)13-9/h4-6H,3H2,1-2H3,(H,13,14). The minimum atomic E-state index is -0.148. The Kier molecular flexibility index (Phi) is 2.08. The van der Waals surface area contributed by atoms with Crippen LogP contribution in [0.25, 0.3) is 11.0 Å². The highest BCUT2D eigenvalue weighted by molar-refractivity contribution is 5.78. The number of nitrogens with zero attached hydrogens (tertiary/aromatic N) is 1. The molecule has 2 aromatic rings. The average Bonchev–Trinajstić information content (AvgIpc) is 2.15. The number of aromatic nitrogens is 2. The van der Waals surface area contributed by atoms with Crippen LogP contribution in [0.2, 0.25) is 0 Å². The second-order valence-electron chi connectivity index (χ2n) is 3.42. The Labute approximate surface area is 81.8 Å². The van der Waals surface area contributed by atoms with Gasteiger partial charge in [0, 0.05) is 0 Å². The summed E-state index contributed by atoms with van der Waals surface area (Å²) in [6.07, 6.45) is 2.26. The summed E-state index contributed by atoms with van der Waals surface area (Å²) in [5.74, 6) is 0. The van der Waals surface area contributed by atoms with Gasteiger partial charge in [-0.1, -0.05) is 13.0 Å². The molecular weight excluding hydrogens is 176 g/mol. The number of nitrogens with one attached hydrogen (secondary N) is 1. The van der Waals surface area contributed by atoms with Gasteiger partial charge in [-0.05, 0) is 30.5 Å². The van der Waals surface area contributed by atoms with E-state index in [0.29, 0.717) is 0 Å². The molecule has 0 spiro atoms. The van der Waals surface area contributed by atoms with E-state index in [1.807, 2.05) is 13.0 Å². The summed E-state index contributed by atoms with van der Waals surface area (Å²) < 4.78 is 0. The van der Waals surface area contributed by atoms with Crippen LogP contribution in [-0.2, 0) is 6.42 Å². The maximum atomic E-state index is 11.1. The van der Waals surface area contributed by atoms with Crippen molar-refractivity contribution in [1.82, 2.24) is 9.97 Å². The minimum absolute atomic E-state index is 0.148. The maximum Gasteiger partial charge on any atom is 0.266 e. The maximum absolute atomic E-state index is 11.1. The largest absolute Gasteiger partial charge is 0.319 e. The number of fused-ring (bicyclic) bond motifs is 1. The molecule has 0 aliphatic heterocycles. The van der Waals surface area contributed by atoms with Crippen molar-refractivity contribution in [3.63, 3.8) is 0 Å². The third-order valence-corrected chi connectivity index (χ3v) is 2.28. The Morgan fingerprint density at radius 2 is 2.21 bits per heavy atom. The average molecular weight is 188 g/mol. The number of aryl methyl sites for hydroxylation is 2. The molecule has 0 bridgehead atoms. The number of H-pyrrole nitrogens is 1. The van der Waals surface area contributed by atoms with Crippen LogP contribution in [0, 0.1) is 6.92 Å². The lowest BCUT2D eigenvalue weighted by Gasteiger charge is -2.04. The van der Waals surface area contributed by atoms with Crippen molar-refractivity contribution in [3.05, 3.63) is 39.8 Å². The summed E-state index contributed by atoms with van der Waals surface area (Å²) in [5, 5.41) is 0. The van der Waals surface area contributed by atoms with Gasteiger partial charge in [-0.15, -0.1) is 0 Å². The predicted molar refractivity (Wildman–Crippen MR) is 56.5 cm³/mol. The lowest BCUT2D eigenvalue weighted by Crippen LogP contribution is -2.06. The van der Waals surface area contributed by atoms with Crippen LogP contribution in [-0.4, -0.2) is 9.97 Å². The van der Waals surface area contributed by atoms with Crippen LogP contribution in [0.4, 0.5) is 0 Å². The molecule has 72 valence electrons. The fourth-order valence-corrected chi connectivity index (χ4v) is 1.66. The van der Waals surface area contributed by atoms with Gasteiger partial charge in [-0.2, -0.15) is 0 Å². The van der Waals surface area contributed by atoms with E-state index in [9.17, 15) is 4.79 Å². The first kappa shape index (κ1) is 8.94. The molecule has 14 heavy (non-hydrogen) atoms. The van der Waals surface area contributed by atoms with Gasteiger partial charge in [-0.3, -0.25) is 4.79 Å². The van der Waals surface area contributed by atoms with Crippen molar-refractivity contribution < 1.29 is 0 Å². The van der Waals surface area contributed by atoms with Crippen LogP contribution in [0.1, 0.15) is 18.1 Å². The van der Waals surface area contributed by atoms with E-state index in [1.165, 1.54) is 11.8 Å². The SMILES string of the molecule is CCc1cc(C)cc2[nH]c(=O)cnc12. The van der Waals surface area contributed by atoms with Crippen LogP contribution in [0.5, 0.6) is 0 Å². The molecule has 0 radical (unpaired) electrons. The van der Waals surface area contributed by atoms with Crippen molar-refractivity contribution in [3.8, 4) is 0 Å². The van der Waals surface area contributed by atoms with Crippen molar-refractivity contribution in [2.75, 3.05) is 0 Å². The predicted octanol–water partition coefficient (Wildman–Crippen LogP) is 1.79. The molecule has 0 atom stereocenters. The monoisotopic (exact) mass is 188 g/mol. The zero-order valence-electron chi connectivity index (χ0n) is 8.29. The first-order valence-corrected chi connectivity index (χ1v) is 4.69. The molecule has 0 saturated heterocycles. The molecule has 0 fully saturated rings. The second kappa shape index (κ2) is 3.25. The van der Waals surface area contributed by atoms with Crippen LogP contribution in [0.15, 0.2) is 23.1 Å². The third-order valence-electron chi connectivity index (χ3n) is 2.28. The number of rotatable bonds is 1. The molecule has 3 nitrogen and oxygen atoms in total. The van der Waals surface area contributed by atoms with Gasteiger partial charge in [-0.25, -0.2) is 4.98 Å². The number of benzene rings is 1. The van der Waals surface area contributed by atoms with Crippen LogP contribution >= 0.6 is 0 Å². The lowest BCUT2D eigenvalue weighted by atomic mass is 10.1. The summed E-state index contributed by atoms with van der Waals surface area (Å²) in [6, 6.07) is 4.05. The molecule has 1 heterocycles. The van der Waals surface area contributed by atoms with Crippen molar-refractivity contribution in [2.45, 2.75) is 20.3 Å². The first-order chi connectivity index (χ1) is 6.70. The summed E-state index contributed by atoms with van der Waals surface area (Å²) in [7, 11) is 0. The van der Waals surface area contributed by atoms with E-state index in [-0.39, 0.29) is 5.56 Å². The molecule has 0 saturated carbocycles. The van der Waals surface area contributed by atoms with E-state index in [2.05, 4.69) is 23.0 Å². The number of aromatic amines is 1. The third kappa shape index (κ3) is 1.41. The topological polar surface area (TPSA) is 45.8 Å². The molecule has 1 aromatic carbocycles. The highest BCUT2D eigenvalue weighted by Crippen LogP contribution is 2.16. The van der Waals surface area contributed by atoms with E-state index >= 15 is 0 Å². The molecule has 0 aliphatic rings. The van der Waals surface area contributed by atoms with Gasteiger partial charge in [0.1, 0.15) is 0 Å². The molecule has 0 unspecified atom stereocenters. The van der Waals surface area contributed by atoms with Crippen LogP contribution in [0.3, 0.4) is 0 Å². The van der Waals surface area contributed by atoms with Crippen molar-refractivity contribution >= 4 is 11.0 Å². The normalized spacial score (nSPS) is 10.7. The van der Waals surface area contributed by atoms with Crippen molar-refractivity contribution in [1.29, 1.82) is 0 Å². The molecule has 2 rings (SSSR count). The molecular formula is C11H12N2O. The first-order valence-electron chi connectivity index (χ1n) is 4.69. The highest BCUT2D eigenvalue weighted by atomic mass is 16.1. The Bertz CT molecular complexity index is 528. The quantitative estimate of drug-likeness (QED) is 0.741. The molecule has 0 amide bonds. The summed E-state index contributed by atoms with van der Waals surface area (Å²) in [6.45, 7) is 4.10. The number of hydrogen-bond acceptors (Lipinski definition) is 2. The zero-order chi connectivity index (χ0) is 10.1. The van der Waals surface area contributed by atoms with Gasteiger partial charge in [0.25, 0.3) is 5.56 Å². The zero-order valence-corrected chi connectivity index (χ0v) is 8.29. The van der Waals surface area contributed by atoms with E-state index in [4.69, 9.17) is 0 Å². The van der Waals surface area contributed by atoms with Crippen molar-refractivity contribution in [2.24, 2.45) is 0 Å². The molecule has 0 aliphatic carbocycles. The van der Waals surface area contributed by atoms with Gasteiger partial charge in [0.2, 0.25) is 0 Å². The van der Waals surface area contributed by atoms with Crippen LogP contribution < -0.4 is 5.56 Å². The Balaban J connectivity index is 2.87. The van der Waals surface area contributed by atoms with Gasteiger partial charge in [0.15, 0.2) is 0 Å². The van der Waals surface area contributed by atoms with Gasteiger partial charge < -0.3 is 4.98 Å². The Hall–Kier alpha value is -1.64. The highest BCUT2D eigenvalue weighted by Gasteiger charge is 2.02. The Morgan fingerprint density at radius 3 is 2.93 bits per heavy atom. The summed E-state index contributed by atoms with van der Waals surface area (Å²) in [5.41, 5.74) is 3.91. The summed E-state index contributed by atoms with van der Waals surface area (Å²) in [4.78, 5) is 18.0. The molecule has 1 N–H and O–H groups in total. The van der Waals surface area contributed by atoms with Gasteiger partial charge >= 0.3 is 0 Å². The Morgan fingerprint density at radius 1 is 1.43 bits per heavy atom. The summed E-state index contributed by atoms with van der Waals surface area (Å²) >= 11 is 0. The lowest BCUT2D eigenvalue weighted by molar-refractivity contribution is 1.12. The van der Waals surface area contributed by atoms with E-state index < -0.39 is 0 Å². The number of hydrogen-bond donors (Lipinski definition) is 1. The molecule has 3 heteroatoms. The fraction of sp³-hybridized carbons (Fsp3) is 0.273. The molecule has 1 aromatic heterocycles. The minimum Gasteiger partial charge on any atom is -0.319 e. The second-order valence-corrected chi connectivity index (χ2v) is 3.42. The van der Waals surface area contributed by atoms with E-state index in [0.717, 1.165) is 23.0 Å². The van der Waals surface area contributed by atoms with E-state index in [1.54, 1.807) is 0 Å². The fourth-order valence-electron chi connectivity index (χ4n) is 1.66. The smallest absolute Gasteiger partial charge is 0.266 e. The van der Waals surface area contributed by atoms with Gasteiger partial charge in [0.05, 0.1) is 17.2 Å².